The summed E-state index contributed by atoms with van der Waals surface area (Å²) < 4.78 is 38.4. The molecule has 2 rings (SSSR count). The highest BCUT2D eigenvalue weighted by Gasteiger charge is 2.31. The highest BCUT2D eigenvalue weighted by Crippen LogP contribution is 2.34. The van der Waals surface area contributed by atoms with E-state index >= 15 is 0 Å². The molecule has 0 amide bonds. The average molecular weight is 350 g/mol. The molecular weight excluding hydrogens is 331 g/mol. The summed E-state index contributed by atoms with van der Waals surface area (Å²) in [6.45, 7) is 7.23. The van der Waals surface area contributed by atoms with Crippen molar-refractivity contribution in [2.45, 2.75) is 39.4 Å². The Bertz CT molecular complexity index is 472. The lowest BCUT2D eigenvalue weighted by molar-refractivity contribution is -0.137. The second-order valence-corrected chi connectivity index (χ2v) is 7.10. The lowest BCUT2D eigenvalue weighted by Crippen LogP contribution is -2.36. The summed E-state index contributed by atoms with van der Waals surface area (Å²) in [7, 11) is 0. The van der Waals surface area contributed by atoms with E-state index in [0.29, 0.717) is 16.4 Å². The molecule has 1 heterocycles. The Kier molecular flexibility index (Phi) is 4.50. The van der Waals surface area contributed by atoms with Crippen LogP contribution in [-0.2, 0) is 12.7 Å². The molecule has 0 saturated carbocycles. The highest BCUT2D eigenvalue weighted by atomic mass is 79.9. The number of halogens is 4. The minimum Gasteiger partial charge on any atom is -0.299 e. The van der Waals surface area contributed by atoms with Gasteiger partial charge in [0.25, 0.3) is 0 Å². The number of likely N-dealkylation sites (tertiary alicyclic amines) is 1. The van der Waals surface area contributed by atoms with Crippen molar-refractivity contribution in [3.8, 4) is 0 Å². The van der Waals surface area contributed by atoms with E-state index in [0.717, 1.165) is 37.6 Å². The maximum atomic E-state index is 12.6. The predicted molar refractivity (Wildman–Crippen MR) is 77.4 cm³/mol. The zero-order valence-corrected chi connectivity index (χ0v) is 13.3. The topological polar surface area (TPSA) is 3.24 Å². The van der Waals surface area contributed by atoms with Crippen molar-refractivity contribution in [2.75, 3.05) is 13.1 Å². The second-order valence-electron chi connectivity index (χ2n) is 6.24. The summed E-state index contributed by atoms with van der Waals surface area (Å²) in [4.78, 5) is 2.30. The van der Waals surface area contributed by atoms with Crippen molar-refractivity contribution in [2.24, 2.45) is 5.41 Å². The largest absolute Gasteiger partial charge is 0.416 e. The zero-order valence-electron chi connectivity index (χ0n) is 11.7. The molecule has 1 aliphatic rings. The number of rotatable bonds is 2. The van der Waals surface area contributed by atoms with Crippen LogP contribution in [0.15, 0.2) is 22.7 Å². The first kappa shape index (κ1) is 15.8. The van der Waals surface area contributed by atoms with Crippen LogP contribution in [0.5, 0.6) is 0 Å². The van der Waals surface area contributed by atoms with E-state index in [1.54, 1.807) is 6.07 Å². The minimum absolute atomic E-state index is 0.383. The van der Waals surface area contributed by atoms with Crippen molar-refractivity contribution in [1.82, 2.24) is 4.90 Å². The molecule has 0 aliphatic carbocycles. The molecular formula is C15H19BrF3N. The van der Waals surface area contributed by atoms with Gasteiger partial charge < -0.3 is 0 Å². The Morgan fingerprint density at radius 3 is 2.30 bits per heavy atom. The van der Waals surface area contributed by atoms with Crippen LogP contribution in [0.25, 0.3) is 0 Å². The predicted octanol–water partition coefficient (Wildman–Crippen LogP) is 5.09. The number of hydrogen-bond acceptors (Lipinski definition) is 1. The summed E-state index contributed by atoms with van der Waals surface area (Å²) in [6, 6.07) is 3.91. The van der Waals surface area contributed by atoms with Gasteiger partial charge in [0.1, 0.15) is 0 Å². The SMILES string of the molecule is CC1(C)CCN(Cc2ccc(C(F)(F)F)cc2Br)CC1. The first-order valence-electron chi connectivity index (χ1n) is 6.75. The number of piperidine rings is 1. The molecule has 0 spiro atoms. The van der Waals surface area contributed by atoms with Crippen LogP contribution >= 0.6 is 15.9 Å². The van der Waals surface area contributed by atoms with Gasteiger partial charge in [0, 0.05) is 11.0 Å². The molecule has 0 N–H and O–H groups in total. The van der Waals surface area contributed by atoms with Gasteiger partial charge >= 0.3 is 6.18 Å². The van der Waals surface area contributed by atoms with Crippen LogP contribution in [0.1, 0.15) is 37.8 Å². The third kappa shape index (κ3) is 3.98. The molecule has 1 fully saturated rings. The van der Waals surface area contributed by atoms with Gasteiger partial charge in [0.05, 0.1) is 5.56 Å². The van der Waals surface area contributed by atoms with E-state index < -0.39 is 11.7 Å². The van der Waals surface area contributed by atoms with Crippen molar-refractivity contribution >= 4 is 15.9 Å². The van der Waals surface area contributed by atoms with Gasteiger partial charge in [-0.2, -0.15) is 13.2 Å². The van der Waals surface area contributed by atoms with Crippen LogP contribution in [0.3, 0.4) is 0 Å². The standard InChI is InChI=1S/C15H19BrF3N/c1-14(2)5-7-20(8-6-14)10-11-3-4-12(9-13(11)16)15(17,18)19/h3-4,9H,5-8,10H2,1-2H3. The van der Waals surface area contributed by atoms with Crippen LogP contribution < -0.4 is 0 Å². The van der Waals surface area contributed by atoms with Crippen LogP contribution in [0, 0.1) is 5.41 Å². The fourth-order valence-electron chi connectivity index (χ4n) is 2.41. The first-order chi connectivity index (χ1) is 9.17. The highest BCUT2D eigenvalue weighted by molar-refractivity contribution is 9.10. The Morgan fingerprint density at radius 2 is 1.80 bits per heavy atom. The zero-order chi connectivity index (χ0) is 15.0. The van der Waals surface area contributed by atoms with Crippen LogP contribution in [0.4, 0.5) is 13.2 Å². The molecule has 1 aliphatic heterocycles. The quantitative estimate of drug-likeness (QED) is 0.718. The number of nitrogens with zero attached hydrogens (tertiary/aromatic N) is 1. The van der Waals surface area contributed by atoms with Crippen molar-refractivity contribution < 1.29 is 13.2 Å². The van der Waals surface area contributed by atoms with Crippen molar-refractivity contribution in [1.29, 1.82) is 0 Å². The fourth-order valence-corrected chi connectivity index (χ4v) is 2.91. The summed E-state index contributed by atoms with van der Waals surface area (Å²) in [6.07, 6.45) is -2.02. The summed E-state index contributed by atoms with van der Waals surface area (Å²) in [5, 5.41) is 0. The van der Waals surface area contributed by atoms with E-state index in [-0.39, 0.29) is 0 Å². The Morgan fingerprint density at radius 1 is 1.20 bits per heavy atom. The molecule has 0 bridgehead atoms. The lowest BCUT2D eigenvalue weighted by Gasteiger charge is -2.37. The molecule has 5 heteroatoms. The first-order valence-corrected chi connectivity index (χ1v) is 7.55. The molecule has 0 aromatic heterocycles. The summed E-state index contributed by atoms with van der Waals surface area (Å²) in [5.41, 5.74) is 0.694. The normalized spacial score (nSPS) is 20.1. The van der Waals surface area contributed by atoms with Crippen molar-refractivity contribution in [3.63, 3.8) is 0 Å². The fraction of sp³-hybridized carbons (Fsp3) is 0.600. The molecule has 0 radical (unpaired) electrons. The molecule has 1 nitrogen and oxygen atoms in total. The van der Waals surface area contributed by atoms with Crippen molar-refractivity contribution in [3.05, 3.63) is 33.8 Å². The number of benzene rings is 1. The molecule has 0 atom stereocenters. The van der Waals surface area contributed by atoms with E-state index in [1.165, 1.54) is 6.07 Å². The molecule has 1 aromatic carbocycles. The minimum atomic E-state index is -4.28. The van der Waals surface area contributed by atoms with Crippen LogP contribution in [0.2, 0.25) is 0 Å². The van der Waals surface area contributed by atoms with E-state index in [4.69, 9.17) is 0 Å². The maximum absolute atomic E-state index is 12.6. The lowest BCUT2D eigenvalue weighted by atomic mass is 9.82. The smallest absolute Gasteiger partial charge is 0.299 e. The van der Waals surface area contributed by atoms with Crippen LogP contribution in [-0.4, -0.2) is 18.0 Å². The van der Waals surface area contributed by atoms with Gasteiger partial charge in [-0.1, -0.05) is 35.8 Å². The molecule has 1 saturated heterocycles. The third-order valence-electron chi connectivity index (χ3n) is 3.98. The van der Waals surface area contributed by atoms with E-state index in [2.05, 4.69) is 34.7 Å². The second kappa shape index (κ2) is 5.68. The molecule has 1 aromatic rings. The van der Waals surface area contributed by atoms with Gasteiger partial charge in [0.15, 0.2) is 0 Å². The Labute approximate surface area is 126 Å². The molecule has 112 valence electrons. The van der Waals surface area contributed by atoms with Gasteiger partial charge in [0.2, 0.25) is 0 Å². The number of hydrogen-bond donors (Lipinski definition) is 0. The van der Waals surface area contributed by atoms with Gasteiger partial charge in [-0.25, -0.2) is 0 Å². The molecule has 20 heavy (non-hydrogen) atoms. The average Bonchev–Trinajstić information content (AvgIpc) is 2.33. The maximum Gasteiger partial charge on any atom is 0.416 e. The third-order valence-corrected chi connectivity index (χ3v) is 4.72. The van der Waals surface area contributed by atoms with Gasteiger partial charge in [-0.3, -0.25) is 4.90 Å². The summed E-state index contributed by atoms with van der Waals surface area (Å²) >= 11 is 3.26. The number of alkyl halides is 3. The molecule has 0 unspecified atom stereocenters. The summed E-state index contributed by atoms with van der Waals surface area (Å²) in [5.74, 6) is 0. The monoisotopic (exact) mass is 349 g/mol. The van der Waals surface area contributed by atoms with E-state index in [9.17, 15) is 13.2 Å². The van der Waals surface area contributed by atoms with Gasteiger partial charge in [-0.15, -0.1) is 0 Å². The Balaban J connectivity index is 2.04. The van der Waals surface area contributed by atoms with Gasteiger partial charge in [-0.05, 0) is 49.0 Å². The Hall–Kier alpha value is -0.550. The van der Waals surface area contributed by atoms with E-state index in [1.807, 2.05) is 0 Å².